The number of amides is 2. The van der Waals surface area contributed by atoms with E-state index in [1.165, 1.54) is 6.08 Å². The zero-order valence-electron chi connectivity index (χ0n) is 10.9. The van der Waals surface area contributed by atoms with Gasteiger partial charge in [0, 0.05) is 11.6 Å². The maximum absolute atomic E-state index is 12.6. The molecule has 2 aliphatic rings. The first-order valence-electron chi connectivity index (χ1n) is 6.38. The second-order valence-corrected chi connectivity index (χ2v) is 5.36. The molecule has 1 aromatic rings. The molecule has 1 N–H and O–H groups in total. The summed E-state index contributed by atoms with van der Waals surface area (Å²) in [5, 5.41) is -0.0356. The molecule has 2 amide bonds. The number of anilines is 1. The molecule has 2 heterocycles. The molecule has 3 rings (SSSR count). The van der Waals surface area contributed by atoms with E-state index >= 15 is 0 Å². The van der Waals surface area contributed by atoms with Crippen molar-refractivity contribution in [1.29, 1.82) is 0 Å². The first-order chi connectivity index (χ1) is 10.3. The molecular weight excluding hydrogens is 323 g/mol. The van der Waals surface area contributed by atoms with Crippen molar-refractivity contribution < 1.29 is 22.8 Å². The van der Waals surface area contributed by atoms with Crippen LogP contribution in [0.4, 0.5) is 19.0 Å². The third kappa shape index (κ3) is 2.66. The lowest BCUT2D eigenvalue weighted by atomic mass is 10.2. The molecule has 0 saturated heterocycles. The summed E-state index contributed by atoms with van der Waals surface area (Å²) in [6.45, 7) is 0. The van der Waals surface area contributed by atoms with Crippen LogP contribution in [0.25, 0.3) is 0 Å². The van der Waals surface area contributed by atoms with Crippen LogP contribution in [0.2, 0.25) is 5.15 Å². The Kier molecular flexibility index (Phi) is 3.36. The fourth-order valence-corrected chi connectivity index (χ4v) is 2.36. The molecule has 5 nitrogen and oxygen atoms in total. The Balaban J connectivity index is 1.78. The summed E-state index contributed by atoms with van der Waals surface area (Å²) in [6.07, 6.45) is -1.69. The molecule has 0 bridgehead atoms. The Labute approximate surface area is 127 Å². The summed E-state index contributed by atoms with van der Waals surface area (Å²) in [7, 11) is 0. The number of rotatable bonds is 3. The Hall–Kier alpha value is -2.09. The quantitative estimate of drug-likeness (QED) is 0.683. The van der Waals surface area contributed by atoms with Gasteiger partial charge in [-0.1, -0.05) is 11.6 Å². The molecule has 0 aromatic carbocycles. The molecule has 0 radical (unpaired) electrons. The number of aromatic nitrogens is 1. The molecule has 0 unspecified atom stereocenters. The Morgan fingerprint density at radius 2 is 1.95 bits per heavy atom. The number of carbonyl (C=O) groups excluding carboxylic acids is 2. The lowest BCUT2D eigenvalue weighted by molar-refractivity contribution is -0.138. The van der Waals surface area contributed by atoms with E-state index in [2.05, 4.69) is 10.4 Å². The number of alkyl halides is 3. The monoisotopic (exact) mass is 331 g/mol. The number of carbonyl (C=O) groups is 2. The van der Waals surface area contributed by atoms with Crippen LogP contribution < -0.4 is 5.43 Å². The molecule has 0 spiro atoms. The molecular formula is C13H9ClF3N3O2. The topological polar surface area (TPSA) is 62.3 Å². The van der Waals surface area contributed by atoms with Crippen molar-refractivity contribution in [3.8, 4) is 0 Å². The second-order valence-electron chi connectivity index (χ2n) is 5.00. The van der Waals surface area contributed by atoms with Crippen LogP contribution in [0.1, 0.15) is 18.4 Å². The van der Waals surface area contributed by atoms with Gasteiger partial charge in [-0.25, -0.2) is 4.98 Å². The zero-order chi connectivity index (χ0) is 16.1. The van der Waals surface area contributed by atoms with E-state index in [-0.39, 0.29) is 11.7 Å². The van der Waals surface area contributed by atoms with E-state index in [9.17, 15) is 22.8 Å². The highest BCUT2D eigenvalue weighted by Crippen LogP contribution is 2.39. The molecule has 1 saturated carbocycles. The van der Waals surface area contributed by atoms with Gasteiger partial charge < -0.3 is 0 Å². The van der Waals surface area contributed by atoms with Crippen molar-refractivity contribution in [1.82, 2.24) is 9.99 Å². The lowest BCUT2D eigenvalue weighted by Crippen LogP contribution is -2.37. The van der Waals surface area contributed by atoms with Crippen LogP contribution in [0.15, 0.2) is 23.8 Å². The number of nitrogens with one attached hydrogen (secondary N) is 1. The van der Waals surface area contributed by atoms with Crippen molar-refractivity contribution in [3.05, 3.63) is 34.5 Å². The second kappa shape index (κ2) is 4.98. The van der Waals surface area contributed by atoms with Gasteiger partial charge >= 0.3 is 6.18 Å². The van der Waals surface area contributed by atoms with Crippen LogP contribution in [0.5, 0.6) is 0 Å². The standard InChI is InChI=1S/C13H9ClF3N3O2/c14-11-8(13(15,16)17)3-4-9(18-11)19-20-10(21)5-7(12(20)22)6-1-2-6/h3-6H,1-2H2,(H,18,19). The van der Waals surface area contributed by atoms with Crippen LogP contribution in [-0.2, 0) is 15.8 Å². The fourth-order valence-electron chi connectivity index (χ4n) is 2.10. The normalized spacial score (nSPS) is 18.7. The number of halogens is 4. The summed E-state index contributed by atoms with van der Waals surface area (Å²) >= 11 is 5.49. The average molecular weight is 332 g/mol. The number of imide groups is 1. The van der Waals surface area contributed by atoms with Gasteiger partial charge in [-0.3, -0.25) is 15.0 Å². The van der Waals surface area contributed by atoms with Crippen molar-refractivity contribution in [2.24, 2.45) is 5.92 Å². The van der Waals surface area contributed by atoms with E-state index in [0.717, 1.165) is 30.0 Å². The highest BCUT2D eigenvalue weighted by Gasteiger charge is 2.40. The Bertz CT molecular complexity index is 698. The Morgan fingerprint density at radius 1 is 1.27 bits per heavy atom. The van der Waals surface area contributed by atoms with Crippen molar-refractivity contribution >= 4 is 29.2 Å². The molecule has 1 aliphatic heterocycles. The summed E-state index contributed by atoms with van der Waals surface area (Å²) in [6, 6.07) is 1.74. The summed E-state index contributed by atoms with van der Waals surface area (Å²) < 4.78 is 37.8. The third-order valence-electron chi connectivity index (χ3n) is 3.35. The van der Waals surface area contributed by atoms with Gasteiger partial charge in [-0.2, -0.15) is 18.2 Å². The van der Waals surface area contributed by atoms with E-state index in [4.69, 9.17) is 11.6 Å². The molecule has 1 aliphatic carbocycles. The minimum Gasteiger partial charge on any atom is -0.271 e. The van der Waals surface area contributed by atoms with Crippen LogP contribution in [0, 0.1) is 5.92 Å². The highest BCUT2D eigenvalue weighted by molar-refractivity contribution is 6.30. The molecule has 9 heteroatoms. The van der Waals surface area contributed by atoms with Crippen molar-refractivity contribution in [2.75, 3.05) is 5.43 Å². The van der Waals surface area contributed by atoms with Gasteiger partial charge in [0.2, 0.25) is 0 Å². The lowest BCUT2D eigenvalue weighted by Gasteiger charge is -2.17. The minimum atomic E-state index is -4.62. The zero-order valence-corrected chi connectivity index (χ0v) is 11.7. The van der Waals surface area contributed by atoms with E-state index in [1.54, 1.807) is 0 Å². The molecule has 1 fully saturated rings. The first kappa shape index (κ1) is 14.8. The number of pyridine rings is 1. The SMILES string of the molecule is O=C1C=C(C2CC2)C(=O)N1Nc1ccc(C(F)(F)F)c(Cl)n1. The smallest absolute Gasteiger partial charge is 0.271 e. The maximum Gasteiger partial charge on any atom is 0.419 e. The minimum absolute atomic E-state index is 0.0902. The number of nitrogens with zero attached hydrogens (tertiary/aromatic N) is 2. The van der Waals surface area contributed by atoms with E-state index in [1.807, 2.05) is 0 Å². The third-order valence-corrected chi connectivity index (χ3v) is 3.64. The van der Waals surface area contributed by atoms with Crippen molar-refractivity contribution in [2.45, 2.75) is 19.0 Å². The average Bonchev–Trinajstić information content (AvgIpc) is 3.20. The fraction of sp³-hybridized carbons (Fsp3) is 0.308. The van der Waals surface area contributed by atoms with Gasteiger partial charge in [-0.15, -0.1) is 0 Å². The molecule has 22 heavy (non-hydrogen) atoms. The Morgan fingerprint density at radius 3 is 2.50 bits per heavy atom. The van der Waals surface area contributed by atoms with Crippen molar-refractivity contribution in [3.63, 3.8) is 0 Å². The molecule has 116 valence electrons. The van der Waals surface area contributed by atoms with Gasteiger partial charge in [0.1, 0.15) is 11.0 Å². The largest absolute Gasteiger partial charge is 0.419 e. The summed E-state index contributed by atoms with van der Waals surface area (Å²) in [4.78, 5) is 27.3. The van der Waals surface area contributed by atoms with Crippen LogP contribution in [0.3, 0.4) is 0 Å². The number of hydrogen-bond donors (Lipinski definition) is 1. The van der Waals surface area contributed by atoms with E-state index in [0.29, 0.717) is 5.57 Å². The van der Waals surface area contributed by atoms with Gasteiger partial charge in [-0.05, 0) is 30.9 Å². The summed E-state index contributed by atoms with van der Waals surface area (Å²) in [5.41, 5.74) is 1.72. The molecule has 1 aromatic heterocycles. The van der Waals surface area contributed by atoms with Crippen LogP contribution >= 0.6 is 11.6 Å². The number of hydrogen-bond acceptors (Lipinski definition) is 4. The molecule has 0 atom stereocenters. The predicted octanol–water partition coefficient (Wildman–Crippen LogP) is 2.79. The van der Waals surface area contributed by atoms with Gasteiger partial charge in [0.05, 0.1) is 5.56 Å². The van der Waals surface area contributed by atoms with Crippen LogP contribution in [-0.4, -0.2) is 21.8 Å². The maximum atomic E-state index is 12.6. The highest BCUT2D eigenvalue weighted by atomic mass is 35.5. The van der Waals surface area contributed by atoms with Gasteiger partial charge in [0.15, 0.2) is 0 Å². The number of hydrazine groups is 1. The predicted molar refractivity (Wildman–Crippen MR) is 70.5 cm³/mol. The van der Waals surface area contributed by atoms with Gasteiger partial charge in [0.25, 0.3) is 11.8 Å². The van der Waals surface area contributed by atoms with E-state index < -0.39 is 28.7 Å². The first-order valence-corrected chi connectivity index (χ1v) is 6.75. The summed E-state index contributed by atoms with van der Waals surface area (Å²) in [5.74, 6) is -1.12.